The SMILES string of the molecule is CCCn1c(=O)n(CC(=O)Nc2ccc([N+](=O)[O-])cc2OC)c2ccccc21. The summed E-state index contributed by atoms with van der Waals surface area (Å²) >= 11 is 0. The number of non-ortho nitro benzene ring substituents is 1. The largest absolute Gasteiger partial charge is 0.494 e. The molecule has 0 saturated heterocycles. The molecule has 1 amide bonds. The first kappa shape index (κ1) is 19.2. The Morgan fingerprint density at radius 3 is 2.46 bits per heavy atom. The van der Waals surface area contributed by atoms with Gasteiger partial charge in [0.2, 0.25) is 5.91 Å². The number of hydrogen-bond acceptors (Lipinski definition) is 5. The predicted octanol–water partition coefficient (Wildman–Crippen LogP) is 2.77. The van der Waals surface area contributed by atoms with E-state index in [1.807, 2.05) is 25.1 Å². The Bertz CT molecular complexity index is 1100. The molecule has 3 rings (SSSR count). The van der Waals surface area contributed by atoms with Gasteiger partial charge in [0.05, 0.1) is 34.8 Å². The van der Waals surface area contributed by atoms with Gasteiger partial charge in [-0.15, -0.1) is 0 Å². The number of aromatic nitrogens is 2. The number of nitro benzene ring substituents is 1. The summed E-state index contributed by atoms with van der Waals surface area (Å²) in [5, 5.41) is 13.5. The van der Waals surface area contributed by atoms with Gasteiger partial charge in [-0.3, -0.25) is 24.0 Å². The highest BCUT2D eigenvalue weighted by molar-refractivity contribution is 5.93. The van der Waals surface area contributed by atoms with Crippen molar-refractivity contribution >= 4 is 28.3 Å². The van der Waals surface area contributed by atoms with Crippen LogP contribution in [-0.2, 0) is 17.9 Å². The third-order valence-electron chi connectivity index (χ3n) is 4.34. The number of nitrogens with zero attached hydrogens (tertiary/aromatic N) is 3. The van der Waals surface area contributed by atoms with Gasteiger partial charge in [0.1, 0.15) is 12.3 Å². The minimum absolute atomic E-state index is 0.145. The summed E-state index contributed by atoms with van der Waals surface area (Å²) in [6.07, 6.45) is 0.792. The van der Waals surface area contributed by atoms with Gasteiger partial charge in [0, 0.05) is 12.6 Å². The summed E-state index contributed by atoms with van der Waals surface area (Å²) in [7, 11) is 1.36. The molecule has 0 aliphatic carbocycles. The minimum atomic E-state index is -0.545. The number of methoxy groups -OCH3 is 1. The van der Waals surface area contributed by atoms with Crippen molar-refractivity contribution < 1.29 is 14.5 Å². The van der Waals surface area contributed by atoms with E-state index in [0.717, 1.165) is 11.9 Å². The average Bonchev–Trinajstić information content (AvgIpc) is 2.94. The second kappa shape index (κ2) is 7.95. The Morgan fingerprint density at radius 2 is 1.86 bits per heavy atom. The molecule has 0 aliphatic heterocycles. The Balaban J connectivity index is 1.89. The molecule has 146 valence electrons. The van der Waals surface area contributed by atoms with E-state index in [0.29, 0.717) is 17.7 Å². The van der Waals surface area contributed by atoms with Gasteiger partial charge >= 0.3 is 5.69 Å². The second-order valence-corrected chi connectivity index (χ2v) is 6.20. The number of para-hydroxylation sites is 2. The maximum absolute atomic E-state index is 12.8. The van der Waals surface area contributed by atoms with Crippen LogP contribution in [0.4, 0.5) is 11.4 Å². The van der Waals surface area contributed by atoms with Crippen molar-refractivity contribution in [2.45, 2.75) is 26.4 Å². The zero-order valence-electron chi connectivity index (χ0n) is 15.5. The molecular formula is C19H20N4O5. The molecule has 0 fully saturated rings. The van der Waals surface area contributed by atoms with Crippen LogP contribution in [0.1, 0.15) is 13.3 Å². The highest BCUT2D eigenvalue weighted by Crippen LogP contribution is 2.29. The predicted molar refractivity (Wildman–Crippen MR) is 105 cm³/mol. The van der Waals surface area contributed by atoms with Gasteiger partial charge in [-0.2, -0.15) is 0 Å². The van der Waals surface area contributed by atoms with Gasteiger partial charge in [-0.25, -0.2) is 4.79 Å². The maximum atomic E-state index is 12.8. The van der Waals surface area contributed by atoms with E-state index < -0.39 is 10.8 Å². The average molecular weight is 384 g/mol. The minimum Gasteiger partial charge on any atom is -0.494 e. The smallest absolute Gasteiger partial charge is 0.329 e. The normalized spacial score (nSPS) is 10.8. The van der Waals surface area contributed by atoms with Crippen molar-refractivity contribution in [2.24, 2.45) is 0 Å². The van der Waals surface area contributed by atoms with E-state index in [9.17, 15) is 19.7 Å². The highest BCUT2D eigenvalue weighted by Gasteiger charge is 2.17. The first-order valence-electron chi connectivity index (χ1n) is 8.76. The second-order valence-electron chi connectivity index (χ2n) is 6.20. The molecule has 0 unspecified atom stereocenters. The number of carbonyl (C=O) groups excluding carboxylic acids is 1. The molecule has 0 bridgehead atoms. The number of ether oxygens (including phenoxy) is 1. The Labute approximate surface area is 160 Å². The van der Waals surface area contributed by atoms with E-state index in [4.69, 9.17) is 4.74 Å². The molecular weight excluding hydrogens is 364 g/mol. The van der Waals surface area contributed by atoms with Gasteiger partial charge in [0.25, 0.3) is 5.69 Å². The van der Waals surface area contributed by atoms with Gasteiger partial charge in [0.15, 0.2) is 0 Å². The number of aryl methyl sites for hydroxylation is 1. The van der Waals surface area contributed by atoms with Crippen molar-refractivity contribution in [1.82, 2.24) is 9.13 Å². The van der Waals surface area contributed by atoms with E-state index in [-0.39, 0.29) is 23.7 Å². The molecule has 3 aromatic rings. The van der Waals surface area contributed by atoms with Crippen LogP contribution in [0.3, 0.4) is 0 Å². The van der Waals surface area contributed by atoms with E-state index in [2.05, 4.69) is 5.32 Å². The van der Waals surface area contributed by atoms with Crippen LogP contribution in [0, 0.1) is 10.1 Å². The van der Waals surface area contributed by atoms with Crippen LogP contribution in [0.15, 0.2) is 47.3 Å². The number of nitro groups is 1. The van der Waals surface area contributed by atoms with E-state index in [1.54, 1.807) is 10.6 Å². The maximum Gasteiger partial charge on any atom is 0.329 e. The monoisotopic (exact) mass is 384 g/mol. The summed E-state index contributed by atoms with van der Waals surface area (Å²) in [6, 6.07) is 11.2. The summed E-state index contributed by atoms with van der Waals surface area (Å²) in [5.74, 6) is -0.267. The van der Waals surface area contributed by atoms with Crippen molar-refractivity contribution in [3.8, 4) is 5.75 Å². The first-order chi connectivity index (χ1) is 13.5. The number of fused-ring (bicyclic) bond motifs is 1. The van der Waals surface area contributed by atoms with Crippen molar-refractivity contribution in [1.29, 1.82) is 0 Å². The van der Waals surface area contributed by atoms with Crippen molar-refractivity contribution in [3.63, 3.8) is 0 Å². The van der Waals surface area contributed by atoms with Crippen LogP contribution in [0.25, 0.3) is 11.0 Å². The molecule has 0 atom stereocenters. The molecule has 1 aromatic heterocycles. The molecule has 0 radical (unpaired) electrons. The Hall–Kier alpha value is -3.62. The number of hydrogen-bond donors (Lipinski definition) is 1. The lowest BCUT2D eigenvalue weighted by Crippen LogP contribution is -2.29. The highest BCUT2D eigenvalue weighted by atomic mass is 16.6. The summed E-state index contributed by atoms with van der Waals surface area (Å²) in [4.78, 5) is 35.7. The molecule has 2 aromatic carbocycles. The number of nitrogens with one attached hydrogen (secondary N) is 1. The summed E-state index contributed by atoms with van der Waals surface area (Å²) < 4.78 is 8.19. The van der Waals surface area contributed by atoms with Gasteiger partial charge < -0.3 is 10.1 Å². The van der Waals surface area contributed by atoms with Crippen LogP contribution in [0.5, 0.6) is 5.75 Å². The Morgan fingerprint density at radius 1 is 1.18 bits per heavy atom. The van der Waals surface area contributed by atoms with Crippen LogP contribution < -0.4 is 15.7 Å². The molecule has 0 saturated carbocycles. The van der Waals surface area contributed by atoms with Crippen molar-refractivity contribution in [3.05, 3.63) is 63.1 Å². The zero-order chi connectivity index (χ0) is 20.3. The first-order valence-corrected chi connectivity index (χ1v) is 8.76. The van der Waals surface area contributed by atoms with Crippen molar-refractivity contribution in [2.75, 3.05) is 12.4 Å². The van der Waals surface area contributed by atoms with E-state index >= 15 is 0 Å². The molecule has 9 heteroatoms. The van der Waals surface area contributed by atoms with E-state index in [1.165, 1.54) is 29.9 Å². The summed E-state index contributed by atoms with van der Waals surface area (Å²) in [5.41, 5.74) is 1.34. The fourth-order valence-electron chi connectivity index (χ4n) is 3.10. The molecule has 0 aliphatic rings. The summed E-state index contributed by atoms with van der Waals surface area (Å²) in [6.45, 7) is 2.35. The number of amides is 1. The zero-order valence-corrected chi connectivity index (χ0v) is 15.5. The number of imidazole rings is 1. The quantitative estimate of drug-likeness (QED) is 0.498. The number of benzene rings is 2. The number of anilines is 1. The lowest BCUT2D eigenvalue weighted by molar-refractivity contribution is -0.384. The fraction of sp³-hybridized carbons (Fsp3) is 0.263. The molecule has 1 heterocycles. The molecule has 1 N–H and O–H groups in total. The van der Waals surface area contributed by atoms with Crippen LogP contribution in [-0.4, -0.2) is 27.1 Å². The lowest BCUT2D eigenvalue weighted by atomic mass is 10.2. The van der Waals surface area contributed by atoms with Gasteiger partial charge in [-0.05, 0) is 24.6 Å². The van der Waals surface area contributed by atoms with Crippen LogP contribution in [0.2, 0.25) is 0 Å². The van der Waals surface area contributed by atoms with Crippen LogP contribution >= 0.6 is 0 Å². The fourth-order valence-corrected chi connectivity index (χ4v) is 3.10. The molecule has 28 heavy (non-hydrogen) atoms. The Kier molecular flexibility index (Phi) is 5.44. The third-order valence-corrected chi connectivity index (χ3v) is 4.34. The molecule has 0 spiro atoms. The van der Waals surface area contributed by atoms with Gasteiger partial charge in [-0.1, -0.05) is 19.1 Å². The standard InChI is InChI=1S/C19H20N4O5/c1-3-10-21-15-6-4-5-7-16(15)22(19(21)25)12-18(24)20-14-9-8-13(23(26)27)11-17(14)28-2/h4-9,11H,3,10,12H2,1-2H3,(H,20,24). The third kappa shape index (κ3) is 3.59. The molecule has 9 nitrogen and oxygen atoms in total. The number of carbonyl (C=O) groups is 1. The number of rotatable bonds is 7. The lowest BCUT2D eigenvalue weighted by Gasteiger charge is -2.10. The topological polar surface area (TPSA) is 108 Å².